The van der Waals surface area contributed by atoms with Gasteiger partial charge in [0.1, 0.15) is 0 Å². The zero-order chi connectivity index (χ0) is 16.4. The molecule has 2 aromatic rings. The highest BCUT2D eigenvalue weighted by Gasteiger charge is 2.27. The second-order valence-electron chi connectivity index (χ2n) is 5.87. The third kappa shape index (κ3) is 3.59. The van der Waals surface area contributed by atoms with E-state index in [1.807, 2.05) is 17.8 Å². The molecule has 2 aromatic heterocycles. The third-order valence-electron chi connectivity index (χ3n) is 4.20. The third-order valence-corrected chi connectivity index (χ3v) is 5.47. The molecule has 0 amide bonds. The fraction of sp³-hybridized carbons (Fsp3) is 0.533. The summed E-state index contributed by atoms with van der Waals surface area (Å²) in [6, 6.07) is 0. The number of rotatable bonds is 4. The molecule has 1 aliphatic rings. The van der Waals surface area contributed by atoms with E-state index in [-0.39, 0.29) is 5.92 Å². The van der Waals surface area contributed by atoms with Crippen molar-refractivity contribution in [3.05, 3.63) is 30.5 Å². The van der Waals surface area contributed by atoms with E-state index in [9.17, 15) is 8.42 Å². The molecule has 23 heavy (non-hydrogen) atoms. The van der Waals surface area contributed by atoms with Crippen LogP contribution in [0.3, 0.4) is 0 Å². The van der Waals surface area contributed by atoms with E-state index in [1.165, 1.54) is 10.6 Å². The van der Waals surface area contributed by atoms with Gasteiger partial charge in [0.05, 0.1) is 30.0 Å². The maximum Gasteiger partial charge on any atom is 0.211 e. The van der Waals surface area contributed by atoms with Crippen molar-refractivity contribution >= 4 is 10.0 Å². The Morgan fingerprint density at radius 1 is 1.26 bits per heavy atom. The summed E-state index contributed by atoms with van der Waals surface area (Å²) in [6.07, 6.45) is 10.3. The van der Waals surface area contributed by atoms with Gasteiger partial charge in [0.15, 0.2) is 0 Å². The summed E-state index contributed by atoms with van der Waals surface area (Å²) >= 11 is 0. The molecule has 1 atom stereocenters. The van der Waals surface area contributed by atoms with Crippen LogP contribution in [0.5, 0.6) is 0 Å². The van der Waals surface area contributed by atoms with Gasteiger partial charge in [-0.2, -0.15) is 5.10 Å². The van der Waals surface area contributed by atoms with Crippen molar-refractivity contribution in [3.8, 4) is 11.3 Å². The molecule has 3 heterocycles. The van der Waals surface area contributed by atoms with Crippen molar-refractivity contribution in [2.45, 2.75) is 32.2 Å². The van der Waals surface area contributed by atoms with Crippen LogP contribution in [-0.4, -0.2) is 51.8 Å². The van der Waals surface area contributed by atoms with Gasteiger partial charge in [0, 0.05) is 43.5 Å². The highest BCUT2D eigenvalue weighted by molar-refractivity contribution is 7.88. The van der Waals surface area contributed by atoms with Crippen molar-refractivity contribution in [2.75, 3.05) is 19.3 Å². The maximum absolute atomic E-state index is 11.7. The van der Waals surface area contributed by atoms with E-state index in [4.69, 9.17) is 0 Å². The highest BCUT2D eigenvalue weighted by atomic mass is 32.2. The Labute approximate surface area is 136 Å². The molecular weight excluding hydrogens is 314 g/mol. The zero-order valence-electron chi connectivity index (χ0n) is 13.4. The molecule has 0 radical (unpaired) electrons. The Balaban J connectivity index is 1.76. The Hall–Kier alpha value is -1.80. The van der Waals surface area contributed by atoms with Crippen LogP contribution in [-0.2, 0) is 16.6 Å². The molecule has 8 heteroatoms. The number of aryl methyl sites for hydroxylation is 1. The molecule has 7 nitrogen and oxygen atoms in total. The van der Waals surface area contributed by atoms with E-state index in [2.05, 4.69) is 15.1 Å². The van der Waals surface area contributed by atoms with Crippen LogP contribution in [0, 0.1) is 0 Å². The first-order valence-electron chi connectivity index (χ1n) is 7.77. The predicted octanol–water partition coefficient (Wildman–Crippen LogP) is 1.50. The first-order valence-corrected chi connectivity index (χ1v) is 9.62. The Morgan fingerprint density at radius 3 is 2.70 bits per heavy atom. The Kier molecular flexibility index (Phi) is 4.45. The molecule has 3 rings (SSSR count). The summed E-state index contributed by atoms with van der Waals surface area (Å²) in [7, 11) is -3.14. The summed E-state index contributed by atoms with van der Waals surface area (Å²) < 4.78 is 26.8. The van der Waals surface area contributed by atoms with Crippen LogP contribution in [0.25, 0.3) is 11.3 Å². The van der Waals surface area contributed by atoms with Crippen molar-refractivity contribution < 1.29 is 8.42 Å². The lowest BCUT2D eigenvalue weighted by molar-refractivity contribution is 0.314. The SMILES string of the molecule is CCn1cc(-c2cnc([C@H]3CCCN(S(C)(=O)=O)C3)cn2)cn1. The monoisotopic (exact) mass is 335 g/mol. The molecule has 1 fully saturated rings. The summed E-state index contributed by atoms with van der Waals surface area (Å²) in [6.45, 7) is 3.93. The molecule has 124 valence electrons. The minimum atomic E-state index is -3.14. The van der Waals surface area contributed by atoms with Crippen molar-refractivity contribution in [1.29, 1.82) is 0 Å². The van der Waals surface area contributed by atoms with Gasteiger partial charge >= 0.3 is 0 Å². The van der Waals surface area contributed by atoms with Crippen molar-refractivity contribution in [3.63, 3.8) is 0 Å². The summed E-state index contributed by atoms with van der Waals surface area (Å²) in [4.78, 5) is 8.98. The standard InChI is InChI=1S/C15H21N5O2S/c1-3-19-10-13(7-18-19)15-9-16-14(8-17-15)12-5-4-6-20(11-12)23(2,21)22/h7-10,12H,3-6,11H2,1-2H3/t12-/m0/s1. The summed E-state index contributed by atoms with van der Waals surface area (Å²) in [5.41, 5.74) is 2.57. The van der Waals surface area contributed by atoms with Gasteiger partial charge in [-0.15, -0.1) is 0 Å². The Bertz CT molecular complexity index is 769. The van der Waals surface area contributed by atoms with Gasteiger partial charge < -0.3 is 0 Å². The smallest absolute Gasteiger partial charge is 0.211 e. The molecule has 0 aliphatic carbocycles. The van der Waals surface area contributed by atoms with Crippen LogP contribution >= 0.6 is 0 Å². The van der Waals surface area contributed by atoms with Crippen molar-refractivity contribution in [2.24, 2.45) is 0 Å². The fourth-order valence-corrected chi connectivity index (χ4v) is 3.76. The molecule has 0 N–H and O–H groups in total. The minimum Gasteiger partial charge on any atom is -0.272 e. The number of hydrogen-bond donors (Lipinski definition) is 0. The maximum atomic E-state index is 11.7. The number of sulfonamides is 1. The molecule has 0 spiro atoms. The lowest BCUT2D eigenvalue weighted by Crippen LogP contribution is -2.38. The van der Waals surface area contributed by atoms with E-state index < -0.39 is 10.0 Å². The topological polar surface area (TPSA) is 81.0 Å². The second-order valence-corrected chi connectivity index (χ2v) is 7.85. The fourth-order valence-electron chi connectivity index (χ4n) is 2.85. The number of hydrogen-bond acceptors (Lipinski definition) is 5. The first kappa shape index (κ1) is 16.1. The van der Waals surface area contributed by atoms with Crippen LogP contribution in [0.2, 0.25) is 0 Å². The number of nitrogens with zero attached hydrogens (tertiary/aromatic N) is 5. The second kappa shape index (κ2) is 6.37. The molecule has 0 bridgehead atoms. The molecule has 1 saturated heterocycles. The molecule has 0 saturated carbocycles. The lowest BCUT2D eigenvalue weighted by Gasteiger charge is -2.30. The minimum absolute atomic E-state index is 0.110. The zero-order valence-corrected chi connectivity index (χ0v) is 14.2. The first-order chi connectivity index (χ1) is 11.0. The summed E-state index contributed by atoms with van der Waals surface area (Å²) in [5, 5.41) is 4.24. The van der Waals surface area contributed by atoms with Crippen LogP contribution in [0.15, 0.2) is 24.8 Å². The van der Waals surface area contributed by atoms with Crippen LogP contribution in [0.1, 0.15) is 31.4 Å². The number of piperidine rings is 1. The van der Waals surface area contributed by atoms with Gasteiger partial charge in [-0.3, -0.25) is 14.6 Å². The Morgan fingerprint density at radius 2 is 2.09 bits per heavy atom. The van der Waals surface area contributed by atoms with E-state index in [0.717, 1.165) is 36.3 Å². The van der Waals surface area contributed by atoms with E-state index >= 15 is 0 Å². The molecule has 0 aromatic carbocycles. The normalized spacial score (nSPS) is 19.8. The predicted molar refractivity (Wildman–Crippen MR) is 87.3 cm³/mol. The average Bonchev–Trinajstić information content (AvgIpc) is 3.03. The number of aromatic nitrogens is 4. The lowest BCUT2D eigenvalue weighted by atomic mass is 9.96. The van der Waals surface area contributed by atoms with Gasteiger partial charge in [-0.1, -0.05) is 0 Å². The average molecular weight is 335 g/mol. The van der Waals surface area contributed by atoms with Gasteiger partial charge in [-0.05, 0) is 19.8 Å². The quantitative estimate of drug-likeness (QED) is 0.846. The van der Waals surface area contributed by atoms with Gasteiger partial charge in [0.2, 0.25) is 10.0 Å². The molecule has 0 unspecified atom stereocenters. The largest absolute Gasteiger partial charge is 0.272 e. The van der Waals surface area contributed by atoms with Crippen molar-refractivity contribution in [1.82, 2.24) is 24.1 Å². The van der Waals surface area contributed by atoms with Crippen LogP contribution in [0.4, 0.5) is 0 Å². The molecule has 1 aliphatic heterocycles. The van der Waals surface area contributed by atoms with E-state index in [0.29, 0.717) is 13.1 Å². The summed E-state index contributed by atoms with van der Waals surface area (Å²) in [5.74, 6) is 0.110. The molecular formula is C15H21N5O2S. The van der Waals surface area contributed by atoms with Gasteiger partial charge in [-0.25, -0.2) is 12.7 Å². The van der Waals surface area contributed by atoms with E-state index in [1.54, 1.807) is 18.6 Å². The van der Waals surface area contributed by atoms with Crippen LogP contribution < -0.4 is 0 Å². The highest BCUT2D eigenvalue weighted by Crippen LogP contribution is 2.27. The van der Waals surface area contributed by atoms with Gasteiger partial charge in [0.25, 0.3) is 0 Å².